The van der Waals surface area contributed by atoms with Crippen LogP contribution in [-0.4, -0.2) is 4.98 Å². The van der Waals surface area contributed by atoms with Gasteiger partial charge in [-0.15, -0.1) is 0 Å². The zero-order chi connectivity index (χ0) is 11.1. The second-order valence-corrected chi connectivity index (χ2v) is 5.79. The maximum atomic E-state index is 4.29. The summed E-state index contributed by atoms with van der Waals surface area (Å²) < 4.78 is 0. The van der Waals surface area contributed by atoms with Gasteiger partial charge in [0.2, 0.25) is 0 Å². The molecule has 0 bridgehead atoms. The Morgan fingerprint density at radius 1 is 1.40 bits per heavy atom. The van der Waals surface area contributed by atoms with E-state index in [-0.39, 0.29) is 0 Å². The molecule has 2 atom stereocenters. The summed E-state index contributed by atoms with van der Waals surface area (Å²) in [5.74, 6) is 1.50. The molecule has 15 heavy (non-hydrogen) atoms. The molecule has 1 aromatic heterocycles. The van der Waals surface area contributed by atoms with Crippen LogP contribution in [-0.2, 0) is 6.42 Å². The monoisotopic (exact) mass is 203 g/mol. The highest BCUT2D eigenvalue weighted by molar-refractivity contribution is 5.35. The molecular formula is C14H21N. The Labute approximate surface area is 92.9 Å². The van der Waals surface area contributed by atoms with Gasteiger partial charge in [0.05, 0.1) is 0 Å². The minimum atomic E-state index is 0.356. The molecule has 1 aromatic rings. The molecule has 0 N–H and O–H groups in total. The highest BCUT2D eigenvalue weighted by atomic mass is 14.6. The van der Waals surface area contributed by atoms with E-state index in [1.165, 1.54) is 24.0 Å². The second kappa shape index (κ2) is 3.62. The Hall–Kier alpha value is -0.850. The third kappa shape index (κ3) is 1.80. The van der Waals surface area contributed by atoms with Gasteiger partial charge < -0.3 is 0 Å². The lowest BCUT2D eigenvalue weighted by Crippen LogP contribution is -2.22. The Morgan fingerprint density at radius 2 is 2.13 bits per heavy atom. The fourth-order valence-corrected chi connectivity index (χ4v) is 3.11. The number of nitrogens with zero attached hydrogens (tertiary/aromatic N) is 1. The highest BCUT2D eigenvalue weighted by Crippen LogP contribution is 2.49. The van der Waals surface area contributed by atoms with E-state index in [9.17, 15) is 0 Å². The summed E-state index contributed by atoms with van der Waals surface area (Å²) in [7, 11) is 0. The van der Waals surface area contributed by atoms with Crippen molar-refractivity contribution < 1.29 is 0 Å². The van der Waals surface area contributed by atoms with Gasteiger partial charge in [-0.05, 0) is 40.9 Å². The molecule has 0 fully saturated rings. The van der Waals surface area contributed by atoms with E-state index in [1.54, 1.807) is 0 Å². The predicted molar refractivity (Wildman–Crippen MR) is 63.9 cm³/mol. The standard InChI is InChI=1S/C14H21N/c1-5-10-8-11-6-7-15-9-12(11)13(10)14(2,3)4/h6-7,9-10,13H,5,8H2,1-4H3. The molecule has 0 saturated carbocycles. The lowest BCUT2D eigenvalue weighted by Gasteiger charge is -2.32. The van der Waals surface area contributed by atoms with Crippen molar-refractivity contribution in [3.05, 3.63) is 29.6 Å². The van der Waals surface area contributed by atoms with Crippen molar-refractivity contribution in [2.75, 3.05) is 0 Å². The molecule has 1 heteroatoms. The minimum absolute atomic E-state index is 0.356. The van der Waals surface area contributed by atoms with Gasteiger partial charge in [0.1, 0.15) is 0 Å². The first-order chi connectivity index (χ1) is 7.04. The average molecular weight is 203 g/mol. The molecule has 0 amide bonds. The van der Waals surface area contributed by atoms with Crippen LogP contribution in [0, 0.1) is 11.3 Å². The zero-order valence-corrected chi connectivity index (χ0v) is 10.2. The summed E-state index contributed by atoms with van der Waals surface area (Å²) in [5, 5.41) is 0. The number of pyridine rings is 1. The summed E-state index contributed by atoms with van der Waals surface area (Å²) in [4.78, 5) is 4.29. The molecule has 0 aliphatic heterocycles. The molecule has 0 aromatic carbocycles. The largest absolute Gasteiger partial charge is 0.264 e. The fourth-order valence-electron chi connectivity index (χ4n) is 3.11. The molecule has 0 radical (unpaired) electrons. The predicted octanol–water partition coefficient (Wildman–Crippen LogP) is 3.79. The van der Waals surface area contributed by atoms with E-state index < -0.39 is 0 Å². The van der Waals surface area contributed by atoms with Crippen molar-refractivity contribution in [3.63, 3.8) is 0 Å². The average Bonchev–Trinajstić information content (AvgIpc) is 2.54. The van der Waals surface area contributed by atoms with Gasteiger partial charge in [0.25, 0.3) is 0 Å². The van der Waals surface area contributed by atoms with Crippen molar-refractivity contribution in [2.24, 2.45) is 11.3 Å². The van der Waals surface area contributed by atoms with Crippen LogP contribution in [0.1, 0.15) is 51.2 Å². The maximum Gasteiger partial charge on any atom is 0.0305 e. The van der Waals surface area contributed by atoms with Crippen LogP contribution in [0.2, 0.25) is 0 Å². The Bertz CT molecular complexity index is 349. The fraction of sp³-hybridized carbons (Fsp3) is 0.643. The first-order valence-electron chi connectivity index (χ1n) is 5.96. The van der Waals surface area contributed by atoms with Gasteiger partial charge in [-0.2, -0.15) is 0 Å². The van der Waals surface area contributed by atoms with Crippen LogP contribution in [0.15, 0.2) is 18.5 Å². The first kappa shape index (κ1) is 10.7. The van der Waals surface area contributed by atoms with Crippen molar-refractivity contribution >= 4 is 0 Å². The summed E-state index contributed by atoms with van der Waals surface area (Å²) in [6.45, 7) is 9.36. The Morgan fingerprint density at radius 3 is 2.73 bits per heavy atom. The molecule has 0 spiro atoms. The van der Waals surface area contributed by atoms with Crippen LogP contribution in [0.4, 0.5) is 0 Å². The second-order valence-electron chi connectivity index (χ2n) is 5.79. The normalized spacial score (nSPS) is 25.3. The van der Waals surface area contributed by atoms with Crippen molar-refractivity contribution in [2.45, 2.75) is 46.5 Å². The summed E-state index contributed by atoms with van der Waals surface area (Å²) in [6.07, 6.45) is 6.53. The van der Waals surface area contributed by atoms with Gasteiger partial charge in [-0.1, -0.05) is 34.1 Å². The van der Waals surface area contributed by atoms with Gasteiger partial charge in [-0.25, -0.2) is 0 Å². The quantitative estimate of drug-likeness (QED) is 0.676. The van der Waals surface area contributed by atoms with E-state index in [0.29, 0.717) is 11.3 Å². The molecule has 0 saturated heterocycles. The van der Waals surface area contributed by atoms with Crippen molar-refractivity contribution in [1.82, 2.24) is 4.98 Å². The molecular weight excluding hydrogens is 182 g/mol. The zero-order valence-electron chi connectivity index (χ0n) is 10.2. The number of hydrogen-bond acceptors (Lipinski definition) is 1. The molecule has 2 rings (SSSR count). The van der Waals surface area contributed by atoms with Gasteiger partial charge >= 0.3 is 0 Å². The number of aromatic nitrogens is 1. The lowest BCUT2D eigenvalue weighted by atomic mass is 9.72. The third-order valence-electron chi connectivity index (χ3n) is 3.69. The molecule has 82 valence electrons. The van der Waals surface area contributed by atoms with E-state index in [2.05, 4.69) is 44.9 Å². The minimum Gasteiger partial charge on any atom is -0.264 e. The topological polar surface area (TPSA) is 12.9 Å². The van der Waals surface area contributed by atoms with E-state index >= 15 is 0 Å². The van der Waals surface area contributed by atoms with Crippen LogP contribution < -0.4 is 0 Å². The van der Waals surface area contributed by atoms with Gasteiger partial charge in [0.15, 0.2) is 0 Å². The van der Waals surface area contributed by atoms with Gasteiger partial charge in [-0.3, -0.25) is 4.98 Å². The smallest absolute Gasteiger partial charge is 0.0305 e. The summed E-state index contributed by atoms with van der Waals surface area (Å²) >= 11 is 0. The molecule has 1 aliphatic rings. The number of fused-ring (bicyclic) bond motifs is 1. The van der Waals surface area contributed by atoms with Crippen LogP contribution >= 0.6 is 0 Å². The molecule has 1 heterocycles. The molecule has 2 unspecified atom stereocenters. The first-order valence-corrected chi connectivity index (χ1v) is 5.96. The van der Waals surface area contributed by atoms with Crippen molar-refractivity contribution in [3.8, 4) is 0 Å². The highest BCUT2D eigenvalue weighted by Gasteiger charge is 2.38. The van der Waals surface area contributed by atoms with E-state index in [4.69, 9.17) is 0 Å². The Kier molecular flexibility index (Phi) is 2.57. The van der Waals surface area contributed by atoms with E-state index in [1.807, 2.05) is 6.20 Å². The van der Waals surface area contributed by atoms with Crippen LogP contribution in [0.3, 0.4) is 0 Å². The third-order valence-corrected chi connectivity index (χ3v) is 3.69. The number of hydrogen-bond donors (Lipinski definition) is 0. The van der Waals surface area contributed by atoms with Crippen LogP contribution in [0.25, 0.3) is 0 Å². The van der Waals surface area contributed by atoms with Crippen molar-refractivity contribution in [1.29, 1.82) is 0 Å². The SMILES string of the molecule is CCC1Cc2ccncc2C1C(C)(C)C. The molecule has 1 nitrogen and oxygen atoms in total. The Balaban J connectivity index is 2.43. The number of rotatable bonds is 1. The summed E-state index contributed by atoms with van der Waals surface area (Å²) in [6, 6.07) is 2.20. The van der Waals surface area contributed by atoms with Gasteiger partial charge in [0, 0.05) is 12.4 Å². The lowest BCUT2D eigenvalue weighted by molar-refractivity contribution is 0.246. The van der Waals surface area contributed by atoms with E-state index in [0.717, 1.165) is 5.92 Å². The maximum absolute atomic E-state index is 4.29. The molecule has 1 aliphatic carbocycles. The summed E-state index contributed by atoms with van der Waals surface area (Å²) in [5.41, 5.74) is 3.38. The van der Waals surface area contributed by atoms with Crippen LogP contribution in [0.5, 0.6) is 0 Å².